The van der Waals surface area contributed by atoms with Crippen LogP contribution in [0.25, 0.3) is 0 Å². The van der Waals surface area contributed by atoms with Gasteiger partial charge in [0.2, 0.25) is 5.91 Å². The van der Waals surface area contributed by atoms with Crippen LogP contribution in [0, 0.1) is 5.92 Å². The predicted octanol–water partition coefficient (Wildman–Crippen LogP) is 3.97. The van der Waals surface area contributed by atoms with Crippen molar-refractivity contribution < 1.29 is 4.79 Å². The Morgan fingerprint density at radius 3 is 2.35 bits per heavy atom. The third-order valence-corrected chi connectivity index (χ3v) is 2.71. The van der Waals surface area contributed by atoms with E-state index in [2.05, 4.69) is 45.1 Å². The number of hydrogen-bond donors (Lipinski definition) is 1. The first-order valence-electron chi connectivity index (χ1n) is 6.30. The van der Waals surface area contributed by atoms with Crippen LogP contribution in [0.4, 0.5) is 5.69 Å². The minimum absolute atomic E-state index is 0.0159. The molecule has 1 N–H and O–H groups in total. The maximum Gasteiger partial charge on any atom is 0.221 e. The summed E-state index contributed by atoms with van der Waals surface area (Å²) in [6, 6.07) is 6.23. The second-order valence-corrected chi connectivity index (χ2v) is 5.35. The molecule has 0 spiro atoms. The summed E-state index contributed by atoms with van der Waals surface area (Å²) in [5, 5.41) is 2.85. The van der Waals surface area contributed by atoms with E-state index in [0.29, 0.717) is 11.8 Å². The first-order valence-corrected chi connectivity index (χ1v) is 6.30. The molecular weight excluding hydrogens is 210 g/mol. The first kappa shape index (κ1) is 13.8. The molecule has 2 nitrogen and oxygen atoms in total. The minimum Gasteiger partial charge on any atom is -0.326 e. The van der Waals surface area contributed by atoms with Crippen LogP contribution in [0.2, 0.25) is 0 Å². The number of amides is 1. The number of anilines is 1. The van der Waals surface area contributed by atoms with Crippen LogP contribution in [-0.4, -0.2) is 5.91 Å². The number of benzene rings is 1. The molecule has 2 heteroatoms. The molecule has 94 valence electrons. The molecule has 0 aromatic heterocycles. The Labute approximate surface area is 104 Å². The number of rotatable bonds is 4. The van der Waals surface area contributed by atoms with Crippen LogP contribution in [0.15, 0.2) is 18.2 Å². The Bertz CT molecular complexity index is 394. The van der Waals surface area contributed by atoms with Crippen LogP contribution in [-0.2, 0) is 11.2 Å². The summed E-state index contributed by atoms with van der Waals surface area (Å²) in [5.74, 6) is 1.13. The van der Waals surface area contributed by atoms with E-state index in [4.69, 9.17) is 0 Å². The molecule has 0 radical (unpaired) electrons. The van der Waals surface area contributed by atoms with Gasteiger partial charge in [0.15, 0.2) is 0 Å². The number of nitrogens with one attached hydrogen (secondary N) is 1. The molecule has 0 unspecified atom stereocenters. The van der Waals surface area contributed by atoms with Gasteiger partial charge in [-0.15, -0.1) is 0 Å². The quantitative estimate of drug-likeness (QED) is 0.837. The Kier molecular flexibility index (Phi) is 4.73. The average Bonchev–Trinajstić information content (AvgIpc) is 2.15. The second kappa shape index (κ2) is 5.85. The van der Waals surface area contributed by atoms with E-state index in [9.17, 15) is 4.79 Å². The van der Waals surface area contributed by atoms with Gasteiger partial charge in [-0.2, -0.15) is 0 Å². The van der Waals surface area contributed by atoms with Gasteiger partial charge in [-0.05, 0) is 41.5 Å². The Morgan fingerprint density at radius 2 is 1.88 bits per heavy atom. The average molecular weight is 233 g/mol. The van der Waals surface area contributed by atoms with Crippen molar-refractivity contribution >= 4 is 11.6 Å². The van der Waals surface area contributed by atoms with Gasteiger partial charge in [-0.3, -0.25) is 4.79 Å². The third-order valence-electron chi connectivity index (χ3n) is 2.71. The molecule has 0 atom stereocenters. The van der Waals surface area contributed by atoms with E-state index >= 15 is 0 Å². The lowest BCUT2D eigenvalue weighted by Gasteiger charge is -2.16. The van der Waals surface area contributed by atoms with Gasteiger partial charge in [0, 0.05) is 12.6 Å². The van der Waals surface area contributed by atoms with Crippen molar-refractivity contribution in [1.29, 1.82) is 0 Å². The van der Waals surface area contributed by atoms with E-state index in [0.717, 1.165) is 12.1 Å². The molecule has 0 heterocycles. The van der Waals surface area contributed by atoms with Gasteiger partial charge in [0.05, 0.1) is 0 Å². The first-order chi connectivity index (χ1) is 7.90. The fourth-order valence-electron chi connectivity index (χ4n) is 2.07. The monoisotopic (exact) mass is 233 g/mol. The second-order valence-electron chi connectivity index (χ2n) is 5.35. The van der Waals surface area contributed by atoms with Crippen molar-refractivity contribution in [1.82, 2.24) is 0 Å². The SMILES string of the molecule is CC(=O)Nc1ccc(C(C)C)c(CC(C)C)c1. The van der Waals surface area contributed by atoms with Crippen LogP contribution in [0.1, 0.15) is 51.7 Å². The highest BCUT2D eigenvalue weighted by molar-refractivity contribution is 5.88. The molecule has 1 rings (SSSR count). The largest absolute Gasteiger partial charge is 0.326 e. The molecule has 1 amide bonds. The van der Waals surface area contributed by atoms with Gasteiger partial charge in [0.25, 0.3) is 0 Å². The summed E-state index contributed by atoms with van der Waals surface area (Å²) in [5.41, 5.74) is 3.63. The van der Waals surface area contributed by atoms with Crippen LogP contribution in [0.3, 0.4) is 0 Å². The van der Waals surface area contributed by atoms with Crippen molar-refractivity contribution in [3.63, 3.8) is 0 Å². The number of carbonyl (C=O) groups excluding carboxylic acids is 1. The molecule has 1 aromatic carbocycles. The Hall–Kier alpha value is -1.31. The normalized spacial score (nSPS) is 11.0. The zero-order chi connectivity index (χ0) is 13.0. The number of hydrogen-bond acceptors (Lipinski definition) is 1. The van der Waals surface area contributed by atoms with E-state index in [1.165, 1.54) is 11.1 Å². The van der Waals surface area contributed by atoms with Crippen molar-refractivity contribution in [2.75, 3.05) is 5.32 Å². The Morgan fingerprint density at radius 1 is 1.24 bits per heavy atom. The van der Waals surface area contributed by atoms with Gasteiger partial charge in [-0.25, -0.2) is 0 Å². The molecule has 0 fully saturated rings. The van der Waals surface area contributed by atoms with Crippen LogP contribution in [0.5, 0.6) is 0 Å². The smallest absolute Gasteiger partial charge is 0.221 e. The van der Waals surface area contributed by atoms with Crippen molar-refractivity contribution in [2.24, 2.45) is 5.92 Å². The molecule has 0 aliphatic heterocycles. The summed E-state index contributed by atoms with van der Waals surface area (Å²) in [6.45, 7) is 10.4. The van der Waals surface area contributed by atoms with Crippen molar-refractivity contribution in [3.05, 3.63) is 29.3 Å². The highest BCUT2D eigenvalue weighted by atomic mass is 16.1. The lowest BCUT2D eigenvalue weighted by atomic mass is 9.91. The van der Waals surface area contributed by atoms with Crippen molar-refractivity contribution in [3.8, 4) is 0 Å². The summed E-state index contributed by atoms with van der Waals surface area (Å²) in [6.07, 6.45) is 1.06. The van der Waals surface area contributed by atoms with Gasteiger partial charge >= 0.3 is 0 Å². The fourth-order valence-corrected chi connectivity index (χ4v) is 2.07. The highest BCUT2D eigenvalue weighted by Crippen LogP contribution is 2.25. The van der Waals surface area contributed by atoms with Crippen LogP contribution >= 0.6 is 0 Å². The predicted molar refractivity (Wildman–Crippen MR) is 73.4 cm³/mol. The summed E-state index contributed by atoms with van der Waals surface area (Å²) in [4.78, 5) is 11.1. The van der Waals surface area contributed by atoms with Gasteiger partial charge in [-0.1, -0.05) is 33.8 Å². The minimum atomic E-state index is -0.0159. The number of carbonyl (C=O) groups is 1. The van der Waals surface area contributed by atoms with Crippen molar-refractivity contribution in [2.45, 2.75) is 47.0 Å². The van der Waals surface area contributed by atoms with E-state index in [-0.39, 0.29) is 5.91 Å². The molecular formula is C15H23NO. The van der Waals surface area contributed by atoms with E-state index in [1.54, 1.807) is 6.92 Å². The van der Waals surface area contributed by atoms with Gasteiger partial charge in [0.1, 0.15) is 0 Å². The maximum atomic E-state index is 11.1. The molecule has 0 aliphatic rings. The summed E-state index contributed by atoms with van der Waals surface area (Å²) < 4.78 is 0. The zero-order valence-electron chi connectivity index (χ0n) is 11.5. The molecule has 0 saturated heterocycles. The molecule has 17 heavy (non-hydrogen) atoms. The standard InChI is InChI=1S/C15H23NO/c1-10(2)8-13-9-14(16-12(5)17)6-7-15(13)11(3)4/h6-7,9-11H,8H2,1-5H3,(H,16,17). The summed E-state index contributed by atoms with van der Waals surface area (Å²) >= 11 is 0. The fraction of sp³-hybridized carbons (Fsp3) is 0.533. The highest BCUT2D eigenvalue weighted by Gasteiger charge is 2.09. The summed E-state index contributed by atoms with van der Waals surface area (Å²) in [7, 11) is 0. The molecule has 1 aromatic rings. The maximum absolute atomic E-state index is 11.1. The van der Waals surface area contributed by atoms with Gasteiger partial charge < -0.3 is 5.32 Å². The van der Waals surface area contributed by atoms with E-state index < -0.39 is 0 Å². The Balaban J connectivity index is 3.05. The third kappa shape index (κ3) is 4.22. The lowest BCUT2D eigenvalue weighted by molar-refractivity contribution is -0.114. The molecule has 0 saturated carbocycles. The topological polar surface area (TPSA) is 29.1 Å². The zero-order valence-corrected chi connectivity index (χ0v) is 11.5. The molecule has 0 bridgehead atoms. The van der Waals surface area contributed by atoms with Crippen LogP contribution < -0.4 is 5.32 Å². The van der Waals surface area contributed by atoms with E-state index in [1.807, 2.05) is 6.07 Å². The molecule has 0 aliphatic carbocycles. The lowest BCUT2D eigenvalue weighted by Crippen LogP contribution is -2.08.